The molecule has 4 N–H and O–H groups in total. The van der Waals surface area contributed by atoms with Crippen LogP contribution in [0.4, 0.5) is 8.78 Å². The molecule has 0 radical (unpaired) electrons. The van der Waals surface area contributed by atoms with E-state index in [0.29, 0.717) is 19.3 Å². The highest BCUT2D eigenvalue weighted by molar-refractivity contribution is 7.85. The lowest BCUT2D eigenvalue weighted by molar-refractivity contribution is 0.133. The van der Waals surface area contributed by atoms with Crippen LogP contribution in [0.15, 0.2) is 0 Å². The van der Waals surface area contributed by atoms with Crippen LogP contribution < -0.4 is 6.15 Å². The van der Waals surface area contributed by atoms with Gasteiger partial charge in [0.05, 0.1) is 5.75 Å². The Morgan fingerprint density at radius 1 is 0.938 bits per heavy atom. The summed E-state index contributed by atoms with van der Waals surface area (Å²) in [5, 5.41) is 0. The summed E-state index contributed by atoms with van der Waals surface area (Å²) in [6, 6.07) is 0. The number of halogens is 2. The smallest absolute Gasteiger partial charge is 0.264 e. The average molecular weight is 261 g/mol. The Morgan fingerprint density at radius 2 is 1.38 bits per heavy atom. The number of hydrogen-bond acceptors (Lipinski definition) is 3. The molecule has 0 unspecified atom stereocenters. The molecule has 0 atom stereocenters. The van der Waals surface area contributed by atoms with Crippen molar-refractivity contribution >= 4 is 10.1 Å². The summed E-state index contributed by atoms with van der Waals surface area (Å²) in [5.41, 5.74) is 0. The van der Waals surface area contributed by atoms with E-state index in [1.54, 1.807) is 0 Å². The van der Waals surface area contributed by atoms with Gasteiger partial charge in [-0.05, 0) is 12.8 Å². The summed E-state index contributed by atoms with van der Waals surface area (Å²) in [4.78, 5) is 0. The minimum absolute atomic E-state index is 0. The Labute approximate surface area is 95.8 Å². The monoisotopic (exact) mass is 261 g/mol. The average Bonchev–Trinajstić information content (AvgIpc) is 2.07. The second kappa shape index (κ2) is 9.92. The van der Waals surface area contributed by atoms with E-state index in [1.165, 1.54) is 0 Å². The quantitative estimate of drug-likeness (QED) is 0.493. The van der Waals surface area contributed by atoms with E-state index in [-0.39, 0.29) is 18.3 Å². The Kier molecular flexibility index (Phi) is 11.2. The van der Waals surface area contributed by atoms with Crippen molar-refractivity contribution in [3.05, 3.63) is 0 Å². The molecule has 0 spiro atoms. The molecular formula is C9H21F2NO3S. The lowest BCUT2D eigenvalue weighted by Gasteiger charge is -2.01. The zero-order valence-electron chi connectivity index (χ0n) is 9.37. The third kappa shape index (κ3) is 16.2. The zero-order valence-corrected chi connectivity index (χ0v) is 10.2. The number of hydrogen-bond donors (Lipinski definition) is 2. The van der Waals surface area contributed by atoms with E-state index in [0.717, 1.165) is 19.3 Å². The first-order chi connectivity index (χ1) is 6.92. The van der Waals surface area contributed by atoms with Crippen LogP contribution in [0.1, 0.15) is 44.9 Å². The minimum Gasteiger partial charge on any atom is -0.344 e. The first-order valence-electron chi connectivity index (χ1n) is 5.15. The summed E-state index contributed by atoms with van der Waals surface area (Å²) in [6.07, 6.45) is 1.85. The van der Waals surface area contributed by atoms with Crippen molar-refractivity contribution < 1.29 is 21.8 Å². The molecule has 16 heavy (non-hydrogen) atoms. The molecule has 0 aromatic rings. The van der Waals surface area contributed by atoms with Crippen LogP contribution in [0.2, 0.25) is 0 Å². The normalized spacial score (nSPS) is 11.5. The van der Waals surface area contributed by atoms with E-state index in [9.17, 15) is 17.2 Å². The topological polar surface area (TPSA) is 89.4 Å². The van der Waals surface area contributed by atoms with Crippen LogP contribution >= 0.6 is 0 Å². The van der Waals surface area contributed by atoms with E-state index in [4.69, 9.17) is 4.55 Å². The SMILES string of the molecule is N.O=S(=O)(O)CCCCCCCCC(F)F. The summed E-state index contributed by atoms with van der Waals surface area (Å²) < 4.78 is 52.4. The van der Waals surface area contributed by atoms with Gasteiger partial charge in [-0.1, -0.05) is 25.7 Å². The number of rotatable bonds is 9. The Balaban J connectivity index is 0. The van der Waals surface area contributed by atoms with Crippen molar-refractivity contribution in [1.82, 2.24) is 6.15 Å². The predicted octanol–water partition coefficient (Wildman–Crippen LogP) is 3.03. The summed E-state index contributed by atoms with van der Waals surface area (Å²) in [5.74, 6) is -0.204. The van der Waals surface area contributed by atoms with Crippen LogP contribution in [0, 0.1) is 0 Å². The second-order valence-electron chi connectivity index (χ2n) is 3.59. The molecule has 7 heteroatoms. The molecular weight excluding hydrogens is 240 g/mol. The van der Waals surface area contributed by atoms with Crippen molar-refractivity contribution in [3.63, 3.8) is 0 Å². The molecule has 100 valence electrons. The largest absolute Gasteiger partial charge is 0.344 e. The molecule has 0 saturated heterocycles. The molecule has 0 fully saturated rings. The van der Waals surface area contributed by atoms with Gasteiger partial charge in [0.1, 0.15) is 0 Å². The molecule has 0 aliphatic heterocycles. The maximum absolute atomic E-state index is 11.7. The lowest BCUT2D eigenvalue weighted by atomic mass is 10.1. The zero-order chi connectivity index (χ0) is 11.7. The van der Waals surface area contributed by atoms with Crippen molar-refractivity contribution in [3.8, 4) is 0 Å². The van der Waals surface area contributed by atoms with Gasteiger partial charge in [-0.2, -0.15) is 8.42 Å². The summed E-state index contributed by atoms with van der Waals surface area (Å²) >= 11 is 0. The maximum atomic E-state index is 11.7. The molecule has 0 aliphatic rings. The Hall–Kier alpha value is -0.270. The number of unbranched alkanes of at least 4 members (excludes halogenated alkanes) is 5. The third-order valence-electron chi connectivity index (χ3n) is 2.07. The van der Waals surface area contributed by atoms with Crippen LogP contribution in [-0.2, 0) is 10.1 Å². The van der Waals surface area contributed by atoms with Gasteiger partial charge < -0.3 is 6.15 Å². The number of alkyl halides is 2. The van der Waals surface area contributed by atoms with Gasteiger partial charge in [0.2, 0.25) is 6.43 Å². The molecule has 0 rings (SSSR count). The maximum Gasteiger partial charge on any atom is 0.264 e. The fraction of sp³-hybridized carbons (Fsp3) is 1.00. The summed E-state index contributed by atoms with van der Waals surface area (Å²) in [6.45, 7) is 0. The highest BCUT2D eigenvalue weighted by Gasteiger charge is 2.03. The van der Waals surface area contributed by atoms with E-state index < -0.39 is 16.5 Å². The summed E-state index contributed by atoms with van der Waals surface area (Å²) in [7, 11) is -3.83. The van der Waals surface area contributed by atoms with Crippen molar-refractivity contribution in [2.24, 2.45) is 0 Å². The molecule has 0 saturated carbocycles. The van der Waals surface area contributed by atoms with Gasteiger partial charge in [0.15, 0.2) is 0 Å². The molecule has 0 heterocycles. The predicted molar refractivity (Wildman–Crippen MR) is 59.8 cm³/mol. The highest BCUT2D eigenvalue weighted by Crippen LogP contribution is 2.11. The third-order valence-corrected chi connectivity index (χ3v) is 2.88. The molecule has 0 aromatic heterocycles. The van der Waals surface area contributed by atoms with Gasteiger partial charge in [-0.3, -0.25) is 4.55 Å². The fourth-order valence-electron chi connectivity index (χ4n) is 1.29. The standard InChI is InChI=1S/C9H18F2O3S.H3N/c10-9(11)7-5-3-1-2-4-6-8-15(12,13)14;/h9H,1-8H2,(H,12,13,14);1H3. The van der Waals surface area contributed by atoms with E-state index >= 15 is 0 Å². The molecule has 0 bridgehead atoms. The molecule has 4 nitrogen and oxygen atoms in total. The van der Waals surface area contributed by atoms with Crippen LogP contribution in [0.5, 0.6) is 0 Å². The molecule has 0 aromatic carbocycles. The van der Waals surface area contributed by atoms with Crippen LogP contribution in [0.25, 0.3) is 0 Å². The van der Waals surface area contributed by atoms with E-state index in [2.05, 4.69) is 0 Å². The Bertz CT molecular complexity index is 245. The Morgan fingerprint density at radius 3 is 1.81 bits per heavy atom. The lowest BCUT2D eigenvalue weighted by Crippen LogP contribution is -2.03. The van der Waals surface area contributed by atoms with Gasteiger partial charge >= 0.3 is 0 Å². The van der Waals surface area contributed by atoms with Crippen LogP contribution in [-0.4, -0.2) is 25.1 Å². The van der Waals surface area contributed by atoms with E-state index in [1.807, 2.05) is 0 Å². The van der Waals surface area contributed by atoms with Crippen molar-refractivity contribution in [2.75, 3.05) is 5.75 Å². The van der Waals surface area contributed by atoms with Gasteiger partial charge in [-0.25, -0.2) is 8.78 Å². The second-order valence-corrected chi connectivity index (χ2v) is 5.16. The fourth-order valence-corrected chi connectivity index (χ4v) is 1.86. The minimum atomic E-state index is -3.83. The van der Waals surface area contributed by atoms with Gasteiger partial charge in [0.25, 0.3) is 10.1 Å². The first-order valence-corrected chi connectivity index (χ1v) is 6.76. The highest BCUT2D eigenvalue weighted by atomic mass is 32.2. The molecule has 0 amide bonds. The first kappa shape index (κ1) is 18.1. The van der Waals surface area contributed by atoms with Crippen molar-refractivity contribution in [1.29, 1.82) is 0 Å². The molecule has 0 aliphatic carbocycles. The van der Waals surface area contributed by atoms with Gasteiger partial charge in [0, 0.05) is 6.42 Å². The van der Waals surface area contributed by atoms with Gasteiger partial charge in [-0.15, -0.1) is 0 Å². The van der Waals surface area contributed by atoms with Crippen molar-refractivity contribution in [2.45, 2.75) is 51.4 Å². The van der Waals surface area contributed by atoms with Crippen LogP contribution in [0.3, 0.4) is 0 Å².